The molecule has 0 amide bonds. The smallest absolute Gasteiger partial charge is 0.275 e. The number of nitro benzene ring substituents is 1. The van der Waals surface area contributed by atoms with E-state index < -0.39 is 6.04 Å². The van der Waals surface area contributed by atoms with Gasteiger partial charge in [0.2, 0.25) is 0 Å². The minimum absolute atomic E-state index is 0.00645. The van der Waals surface area contributed by atoms with Gasteiger partial charge in [-0.1, -0.05) is 49.4 Å². The Morgan fingerprint density at radius 1 is 1.10 bits per heavy atom. The number of para-hydroxylation sites is 1. The second-order valence-electron chi connectivity index (χ2n) is 8.29. The molecule has 0 fully saturated rings. The molecular formula is C24H22N4O3. The molecule has 156 valence electrons. The summed E-state index contributed by atoms with van der Waals surface area (Å²) in [6, 6.07) is 15.9. The standard InChI is InChI=1S/C24H22N4O3/c1-14-12-18-22(20(29)13-14)23(17-10-6-7-11-19(17)28(30)31)27-24(25-18)21(15(2)26-27)16-8-4-3-5-9-16/h3-11,14,23,25H,12-13H2,1-2H3/t14-,23+/m0/s1. The summed E-state index contributed by atoms with van der Waals surface area (Å²) in [7, 11) is 0. The van der Waals surface area contributed by atoms with Gasteiger partial charge in [-0.2, -0.15) is 5.10 Å². The fourth-order valence-corrected chi connectivity index (χ4v) is 4.80. The minimum Gasteiger partial charge on any atom is -0.343 e. The number of nitrogens with one attached hydrogen (secondary N) is 1. The third-order valence-electron chi connectivity index (χ3n) is 6.08. The highest BCUT2D eigenvalue weighted by Crippen LogP contribution is 2.47. The van der Waals surface area contributed by atoms with Crippen LogP contribution < -0.4 is 5.32 Å². The van der Waals surface area contributed by atoms with E-state index in [9.17, 15) is 14.9 Å². The largest absolute Gasteiger partial charge is 0.343 e. The number of allylic oxidation sites excluding steroid dienone is 2. The third kappa shape index (κ3) is 3.04. The monoisotopic (exact) mass is 414 g/mol. The molecule has 2 aromatic carbocycles. The van der Waals surface area contributed by atoms with Gasteiger partial charge in [0.15, 0.2) is 5.78 Å². The summed E-state index contributed by atoms with van der Waals surface area (Å²) < 4.78 is 1.76. The number of carbonyl (C=O) groups is 1. The molecule has 0 unspecified atom stereocenters. The van der Waals surface area contributed by atoms with Crippen LogP contribution in [-0.4, -0.2) is 20.5 Å². The molecule has 31 heavy (non-hydrogen) atoms. The Morgan fingerprint density at radius 2 is 1.81 bits per heavy atom. The Bertz CT molecular complexity index is 1240. The van der Waals surface area contributed by atoms with Gasteiger partial charge in [-0.3, -0.25) is 14.9 Å². The fraction of sp³-hybridized carbons (Fsp3) is 0.250. The van der Waals surface area contributed by atoms with Gasteiger partial charge in [-0.25, -0.2) is 4.68 Å². The Hall–Kier alpha value is -3.74. The summed E-state index contributed by atoms with van der Waals surface area (Å²) in [5, 5.41) is 20.1. The summed E-state index contributed by atoms with van der Waals surface area (Å²) in [4.78, 5) is 24.6. The van der Waals surface area contributed by atoms with Crippen molar-refractivity contribution < 1.29 is 9.72 Å². The van der Waals surface area contributed by atoms with E-state index in [-0.39, 0.29) is 22.3 Å². The first-order chi connectivity index (χ1) is 15.0. The Kier molecular flexibility index (Phi) is 4.46. The van der Waals surface area contributed by atoms with Crippen LogP contribution in [0.2, 0.25) is 0 Å². The molecule has 1 N–H and O–H groups in total. The molecule has 1 aliphatic carbocycles. The van der Waals surface area contributed by atoms with Crippen molar-refractivity contribution in [3.05, 3.63) is 87.2 Å². The number of nitro groups is 1. The van der Waals surface area contributed by atoms with Gasteiger partial charge in [0.05, 0.1) is 16.2 Å². The van der Waals surface area contributed by atoms with Crippen LogP contribution in [0.5, 0.6) is 0 Å². The first-order valence-corrected chi connectivity index (χ1v) is 10.4. The zero-order chi connectivity index (χ0) is 21.7. The van der Waals surface area contributed by atoms with Crippen LogP contribution in [0.15, 0.2) is 65.9 Å². The van der Waals surface area contributed by atoms with Gasteiger partial charge >= 0.3 is 0 Å². The number of aryl methyl sites for hydroxylation is 1. The highest BCUT2D eigenvalue weighted by atomic mass is 16.6. The van der Waals surface area contributed by atoms with E-state index in [1.807, 2.05) is 37.3 Å². The number of hydrogen-bond acceptors (Lipinski definition) is 5. The highest BCUT2D eigenvalue weighted by molar-refractivity contribution is 6.00. The van der Waals surface area contributed by atoms with Crippen LogP contribution in [0.3, 0.4) is 0 Å². The molecule has 1 aliphatic heterocycles. The normalized spacial score (nSPS) is 20.1. The summed E-state index contributed by atoms with van der Waals surface area (Å²) in [5.74, 6) is 0.998. The number of fused-ring (bicyclic) bond motifs is 1. The van der Waals surface area contributed by atoms with Crippen LogP contribution in [0.4, 0.5) is 11.5 Å². The summed E-state index contributed by atoms with van der Waals surface area (Å²) in [6.45, 7) is 3.98. The molecule has 0 saturated heterocycles. The van der Waals surface area contributed by atoms with Gasteiger partial charge in [-0.15, -0.1) is 0 Å². The zero-order valence-electron chi connectivity index (χ0n) is 17.3. The second-order valence-corrected chi connectivity index (χ2v) is 8.29. The Balaban J connectivity index is 1.79. The van der Waals surface area contributed by atoms with Crippen molar-refractivity contribution in [1.82, 2.24) is 9.78 Å². The minimum atomic E-state index is -0.635. The number of carbonyl (C=O) groups excluding carboxylic acids is 1. The lowest BCUT2D eigenvalue weighted by molar-refractivity contribution is -0.385. The molecule has 7 nitrogen and oxygen atoms in total. The van der Waals surface area contributed by atoms with Crippen molar-refractivity contribution in [2.24, 2.45) is 5.92 Å². The average Bonchev–Trinajstić information content (AvgIpc) is 3.08. The number of anilines is 1. The summed E-state index contributed by atoms with van der Waals surface area (Å²) in [5.41, 5.74) is 4.66. The predicted octanol–water partition coefficient (Wildman–Crippen LogP) is 5.03. The van der Waals surface area contributed by atoms with Crippen LogP contribution in [0, 0.1) is 23.0 Å². The predicted molar refractivity (Wildman–Crippen MR) is 118 cm³/mol. The average molecular weight is 414 g/mol. The number of benzene rings is 2. The van der Waals surface area contributed by atoms with Crippen LogP contribution >= 0.6 is 0 Å². The van der Waals surface area contributed by atoms with Gasteiger partial charge in [0.25, 0.3) is 5.69 Å². The molecular weight excluding hydrogens is 392 g/mol. The Morgan fingerprint density at radius 3 is 2.55 bits per heavy atom. The van der Waals surface area contributed by atoms with E-state index in [0.717, 1.165) is 34.8 Å². The number of rotatable bonds is 3. The topological polar surface area (TPSA) is 90.1 Å². The summed E-state index contributed by atoms with van der Waals surface area (Å²) >= 11 is 0. The molecule has 2 aliphatic rings. The van der Waals surface area contributed by atoms with Gasteiger partial charge < -0.3 is 5.32 Å². The number of hydrogen-bond donors (Lipinski definition) is 1. The lowest BCUT2D eigenvalue weighted by Crippen LogP contribution is -2.33. The fourth-order valence-electron chi connectivity index (χ4n) is 4.80. The molecule has 5 rings (SSSR count). The van der Waals surface area contributed by atoms with Crippen molar-refractivity contribution in [2.75, 3.05) is 5.32 Å². The highest BCUT2D eigenvalue weighted by Gasteiger charge is 2.41. The maximum atomic E-state index is 13.2. The molecule has 0 saturated carbocycles. The Labute approximate surface area is 179 Å². The molecule has 3 aromatic rings. The van der Waals surface area contributed by atoms with Crippen LogP contribution in [0.1, 0.15) is 37.1 Å². The number of nitrogens with zero attached hydrogens (tertiary/aromatic N) is 3. The van der Waals surface area contributed by atoms with Crippen LogP contribution in [-0.2, 0) is 4.79 Å². The van der Waals surface area contributed by atoms with Crippen molar-refractivity contribution in [2.45, 2.75) is 32.7 Å². The molecule has 2 atom stereocenters. The maximum absolute atomic E-state index is 13.2. The first kappa shape index (κ1) is 19.2. The van der Waals surface area contributed by atoms with Gasteiger partial charge in [0.1, 0.15) is 11.9 Å². The molecule has 7 heteroatoms. The van der Waals surface area contributed by atoms with Crippen molar-refractivity contribution in [3.63, 3.8) is 0 Å². The van der Waals surface area contributed by atoms with Crippen molar-refractivity contribution in [3.8, 4) is 11.1 Å². The van der Waals surface area contributed by atoms with E-state index >= 15 is 0 Å². The zero-order valence-corrected chi connectivity index (χ0v) is 17.3. The van der Waals surface area contributed by atoms with Gasteiger partial charge in [-0.05, 0) is 30.9 Å². The van der Waals surface area contributed by atoms with Crippen LogP contribution in [0.25, 0.3) is 11.1 Å². The molecule has 0 radical (unpaired) electrons. The number of ketones is 1. The third-order valence-corrected chi connectivity index (χ3v) is 6.08. The lowest BCUT2D eigenvalue weighted by Gasteiger charge is -2.35. The molecule has 2 heterocycles. The van der Waals surface area contributed by atoms with Crippen molar-refractivity contribution in [1.29, 1.82) is 0 Å². The van der Waals surface area contributed by atoms with Crippen molar-refractivity contribution >= 4 is 17.3 Å². The molecule has 0 bridgehead atoms. The van der Waals surface area contributed by atoms with E-state index in [1.165, 1.54) is 6.07 Å². The van der Waals surface area contributed by atoms with E-state index in [2.05, 4.69) is 12.2 Å². The number of Topliss-reactive ketones (excluding diaryl/α,β-unsaturated/α-hetero) is 1. The van der Waals surface area contributed by atoms with Gasteiger partial charge in [0, 0.05) is 29.3 Å². The van der Waals surface area contributed by atoms with E-state index in [1.54, 1.807) is 22.9 Å². The van der Waals surface area contributed by atoms with E-state index in [0.29, 0.717) is 17.6 Å². The first-order valence-electron chi connectivity index (χ1n) is 10.4. The SMILES string of the molecule is Cc1nn2c(c1-c1ccccc1)NC1=C(C(=O)C[C@@H](C)C1)[C@H]2c1ccccc1[N+](=O)[O-]. The molecule has 0 spiro atoms. The quantitative estimate of drug-likeness (QED) is 0.479. The maximum Gasteiger partial charge on any atom is 0.275 e. The number of aromatic nitrogens is 2. The van der Waals surface area contributed by atoms with E-state index in [4.69, 9.17) is 5.10 Å². The molecule has 1 aromatic heterocycles. The lowest BCUT2D eigenvalue weighted by atomic mass is 9.80. The summed E-state index contributed by atoms with van der Waals surface area (Å²) in [6.07, 6.45) is 1.15. The second kappa shape index (κ2) is 7.19.